The fraction of sp³-hybridized carbons (Fsp3) is 0.444. The number of nitro groups is 1. The van der Waals surface area contributed by atoms with Crippen molar-refractivity contribution < 1.29 is 19.6 Å². The predicted octanol–water partition coefficient (Wildman–Crippen LogP) is 4.70. The summed E-state index contributed by atoms with van der Waals surface area (Å²) in [6.45, 7) is 7.44. The molecule has 9 heteroatoms. The lowest BCUT2D eigenvalue weighted by atomic mass is 9.96. The molecule has 9 nitrogen and oxygen atoms in total. The van der Waals surface area contributed by atoms with Crippen molar-refractivity contribution in [2.75, 3.05) is 26.2 Å². The Balaban J connectivity index is 1.92. The van der Waals surface area contributed by atoms with E-state index in [1.54, 1.807) is 24.5 Å². The third-order valence-corrected chi connectivity index (χ3v) is 6.40. The number of ketones is 1. The van der Waals surface area contributed by atoms with Crippen LogP contribution < -0.4 is 0 Å². The smallest absolute Gasteiger partial charge is 0.295 e. The highest BCUT2D eigenvalue weighted by molar-refractivity contribution is 6.46. The van der Waals surface area contributed by atoms with Gasteiger partial charge < -0.3 is 14.9 Å². The molecule has 192 valence electrons. The van der Waals surface area contributed by atoms with Crippen LogP contribution in [0.5, 0.6) is 0 Å². The molecule has 3 rings (SSSR count). The summed E-state index contributed by atoms with van der Waals surface area (Å²) in [5, 5.41) is 22.3. The molecule has 0 bridgehead atoms. The molecule has 2 heterocycles. The van der Waals surface area contributed by atoms with Crippen molar-refractivity contribution in [3.05, 3.63) is 75.6 Å². The number of benzene rings is 1. The number of non-ortho nitro benzene ring substituents is 1. The van der Waals surface area contributed by atoms with Gasteiger partial charge in [0.15, 0.2) is 0 Å². The van der Waals surface area contributed by atoms with Gasteiger partial charge in [0.1, 0.15) is 5.76 Å². The van der Waals surface area contributed by atoms with Crippen LogP contribution in [0.4, 0.5) is 5.69 Å². The predicted molar refractivity (Wildman–Crippen MR) is 137 cm³/mol. The van der Waals surface area contributed by atoms with Crippen LogP contribution in [0.3, 0.4) is 0 Å². The van der Waals surface area contributed by atoms with Gasteiger partial charge in [-0.25, -0.2) is 0 Å². The largest absolute Gasteiger partial charge is 0.507 e. The van der Waals surface area contributed by atoms with E-state index in [2.05, 4.69) is 23.7 Å². The standard InChI is InChI=1S/C27H34N4O5/c1-3-5-14-29(15-6-4-2)16-9-17-30-24(21-11-8-13-28-19-21)23(26(33)27(30)34)25(32)20-10-7-12-22(18-20)31(35)36/h7-8,10-13,18-19,24,32H,3-6,9,14-17H2,1-2H3/t24-/m1/s1. The summed E-state index contributed by atoms with van der Waals surface area (Å²) in [6.07, 6.45) is 8.26. The molecule has 0 saturated carbocycles. The lowest BCUT2D eigenvalue weighted by molar-refractivity contribution is -0.384. The molecule has 1 aromatic carbocycles. The number of carbonyl (C=O) groups excluding carboxylic acids is 2. The minimum atomic E-state index is -0.822. The van der Waals surface area contributed by atoms with Gasteiger partial charge in [-0.05, 0) is 50.5 Å². The van der Waals surface area contributed by atoms with Crippen molar-refractivity contribution in [3.8, 4) is 0 Å². The number of aromatic nitrogens is 1. The number of aliphatic hydroxyl groups is 1. The summed E-state index contributed by atoms with van der Waals surface area (Å²) in [7, 11) is 0. The molecule has 1 N–H and O–H groups in total. The highest BCUT2D eigenvalue weighted by atomic mass is 16.6. The molecular formula is C27H34N4O5. The van der Waals surface area contributed by atoms with Crippen LogP contribution in [0.25, 0.3) is 5.76 Å². The second kappa shape index (κ2) is 12.9. The Bertz CT molecular complexity index is 1090. The van der Waals surface area contributed by atoms with Gasteiger partial charge in [-0.3, -0.25) is 24.7 Å². The minimum absolute atomic E-state index is 0.0812. The van der Waals surface area contributed by atoms with E-state index in [9.17, 15) is 24.8 Å². The normalized spacial score (nSPS) is 17.2. The van der Waals surface area contributed by atoms with Gasteiger partial charge in [-0.15, -0.1) is 0 Å². The lowest BCUT2D eigenvalue weighted by Gasteiger charge is -2.27. The summed E-state index contributed by atoms with van der Waals surface area (Å²) < 4.78 is 0. The second-order valence-corrected chi connectivity index (χ2v) is 8.99. The van der Waals surface area contributed by atoms with E-state index in [0.29, 0.717) is 18.5 Å². The first-order valence-electron chi connectivity index (χ1n) is 12.5. The number of Topliss-reactive ketones (excluding diaryl/α,β-unsaturated/α-hetero) is 1. The molecule has 1 aromatic heterocycles. The number of carbonyl (C=O) groups is 2. The van der Waals surface area contributed by atoms with Crippen LogP contribution in [-0.4, -0.2) is 62.7 Å². The Kier molecular flexibility index (Phi) is 9.69. The molecule has 1 atom stereocenters. The zero-order valence-electron chi connectivity index (χ0n) is 20.9. The molecular weight excluding hydrogens is 460 g/mol. The fourth-order valence-electron chi connectivity index (χ4n) is 4.48. The van der Waals surface area contributed by atoms with Crippen LogP contribution in [0, 0.1) is 10.1 Å². The Morgan fingerprint density at radius 3 is 2.39 bits per heavy atom. The Hall–Kier alpha value is -3.59. The van der Waals surface area contributed by atoms with Crippen molar-refractivity contribution in [3.63, 3.8) is 0 Å². The van der Waals surface area contributed by atoms with Gasteiger partial charge in [-0.2, -0.15) is 0 Å². The van der Waals surface area contributed by atoms with E-state index >= 15 is 0 Å². The first kappa shape index (κ1) is 27.0. The van der Waals surface area contributed by atoms with Crippen LogP contribution in [-0.2, 0) is 9.59 Å². The Morgan fingerprint density at radius 1 is 1.08 bits per heavy atom. The van der Waals surface area contributed by atoms with E-state index < -0.39 is 28.4 Å². The van der Waals surface area contributed by atoms with Crippen LogP contribution in [0.2, 0.25) is 0 Å². The van der Waals surface area contributed by atoms with Crippen LogP contribution >= 0.6 is 0 Å². The van der Waals surface area contributed by atoms with Crippen molar-refractivity contribution >= 4 is 23.1 Å². The van der Waals surface area contributed by atoms with Crippen molar-refractivity contribution in [1.82, 2.24) is 14.8 Å². The maximum Gasteiger partial charge on any atom is 0.295 e. The molecule has 36 heavy (non-hydrogen) atoms. The highest BCUT2D eigenvalue weighted by Gasteiger charge is 2.46. The number of rotatable bonds is 13. The monoisotopic (exact) mass is 494 g/mol. The zero-order chi connectivity index (χ0) is 26.1. The van der Waals surface area contributed by atoms with Gasteiger partial charge in [0, 0.05) is 36.6 Å². The minimum Gasteiger partial charge on any atom is -0.507 e. The topological polar surface area (TPSA) is 117 Å². The number of nitrogens with zero attached hydrogens (tertiary/aromatic N) is 4. The quantitative estimate of drug-likeness (QED) is 0.141. The van der Waals surface area contributed by atoms with Gasteiger partial charge in [0.2, 0.25) is 0 Å². The number of aliphatic hydroxyl groups excluding tert-OH is 1. The molecule has 0 unspecified atom stereocenters. The molecule has 1 amide bonds. The van der Waals surface area contributed by atoms with Crippen LogP contribution in [0.15, 0.2) is 54.4 Å². The number of nitro benzene ring substituents is 1. The first-order chi connectivity index (χ1) is 17.4. The number of hydrogen-bond donors (Lipinski definition) is 1. The number of hydrogen-bond acceptors (Lipinski definition) is 7. The summed E-state index contributed by atoms with van der Waals surface area (Å²) in [5.74, 6) is -1.92. The van der Waals surface area contributed by atoms with E-state index in [4.69, 9.17) is 0 Å². The van der Waals surface area contributed by atoms with Crippen molar-refractivity contribution in [2.45, 2.75) is 52.0 Å². The Morgan fingerprint density at radius 2 is 1.78 bits per heavy atom. The molecule has 1 saturated heterocycles. The van der Waals surface area contributed by atoms with E-state index in [1.807, 2.05) is 0 Å². The average Bonchev–Trinajstić information content (AvgIpc) is 3.15. The Labute approximate surface area is 211 Å². The van der Waals surface area contributed by atoms with Gasteiger partial charge in [0.05, 0.1) is 16.5 Å². The van der Waals surface area contributed by atoms with Gasteiger partial charge in [0.25, 0.3) is 17.4 Å². The molecule has 0 spiro atoms. The third kappa shape index (κ3) is 6.34. The fourth-order valence-corrected chi connectivity index (χ4v) is 4.48. The maximum atomic E-state index is 13.1. The molecule has 0 radical (unpaired) electrons. The highest BCUT2D eigenvalue weighted by Crippen LogP contribution is 2.39. The number of amides is 1. The third-order valence-electron chi connectivity index (χ3n) is 6.40. The molecule has 1 fully saturated rings. The summed E-state index contributed by atoms with van der Waals surface area (Å²) in [6, 6.07) is 8.06. The average molecular weight is 495 g/mol. The number of pyridine rings is 1. The number of unbranched alkanes of at least 4 members (excludes halogenated alkanes) is 2. The first-order valence-corrected chi connectivity index (χ1v) is 12.5. The van der Waals surface area contributed by atoms with Crippen molar-refractivity contribution in [1.29, 1.82) is 0 Å². The van der Waals surface area contributed by atoms with E-state index in [0.717, 1.165) is 45.3 Å². The molecule has 2 aromatic rings. The van der Waals surface area contributed by atoms with Gasteiger partial charge in [-0.1, -0.05) is 44.9 Å². The van der Waals surface area contributed by atoms with E-state index in [1.165, 1.54) is 29.2 Å². The SMILES string of the molecule is CCCCN(CCCC)CCCN1C(=O)C(=O)C(=C(O)c2cccc([N+](=O)[O-])c2)[C@H]1c1cccnc1. The maximum absolute atomic E-state index is 13.1. The van der Waals surface area contributed by atoms with Crippen molar-refractivity contribution in [2.24, 2.45) is 0 Å². The summed E-state index contributed by atoms with van der Waals surface area (Å²) in [4.78, 5) is 44.9. The second-order valence-electron chi connectivity index (χ2n) is 8.99. The summed E-state index contributed by atoms with van der Waals surface area (Å²) >= 11 is 0. The number of likely N-dealkylation sites (tertiary alicyclic amines) is 1. The molecule has 0 aliphatic carbocycles. The molecule has 1 aliphatic heterocycles. The lowest BCUT2D eigenvalue weighted by Crippen LogP contribution is -2.34. The summed E-state index contributed by atoms with van der Waals surface area (Å²) in [5.41, 5.74) is 0.409. The van der Waals surface area contributed by atoms with E-state index in [-0.39, 0.29) is 16.8 Å². The van der Waals surface area contributed by atoms with Crippen LogP contribution in [0.1, 0.15) is 63.1 Å². The molecule has 1 aliphatic rings. The zero-order valence-corrected chi connectivity index (χ0v) is 20.9. The van der Waals surface area contributed by atoms with Gasteiger partial charge >= 0.3 is 0 Å².